The molecule has 0 aromatic heterocycles. The van der Waals surface area contributed by atoms with E-state index in [9.17, 15) is 40.3 Å². The fraction of sp³-hybridized carbons (Fsp3) is 0.235. The highest BCUT2D eigenvalue weighted by Gasteiger charge is 2.27. The molecule has 52 heavy (non-hydrogen) atoms. The van der Waals surface area contributed by atoms with Crippen LogP contribution in [0.3, 0.4) is 0 Å². The monoisotopic (exact) mass is 976 g/mol. The predicted molar refractivity (Wildman–Crippen MR) is 195 cm³/mol. The van der Waals surface area contributed by atoms with Gasteiger partial charge in [0.15, 0.2) is 29.1 Å². The highest BCUT2D eigenvalue weighted by Crippen LogP contribution is 2.34. The van der Waals surface area contributed by atoms with Crippen LogP contribution in [0.1, 0.15) is 46.4 Å². The Morgan fingerprint density at radius 1 is 0.615 bits per heavy atom. The second-order valence-corrected chi connectivity index (χ2v) is 14.6. The van der Waals surface area contributed by atoms with Gasteiger partial charge < -0.3 is 10.6 Å². The van der Waals surface area contributed by atoms with Crippen molar-refractivity contribution < 1.29 is 50.0 Å². The lowest BCUT2D eigenvalue weighted by Gasteiger charge is -2.15. The number of hydrogen-bond acceptors (Lipinski definition) is 6. The molecule has 2 amide bonds. The highest BCUT2D eigenvalue weighted by molar-refractivity contribution is 14.1. The zero-order valence-electron chi connectivity index (χ0n) is 26.4. The average molecular weight is 977 g/mol. The number of anilines is 4. The Bertz CT molecular complexity index is 1860. The minimum Gasteiger partial charge on any atom is -0.350 e. The van der Waals surface area contributed by atoms with Crippen molar-refractivity contribution in [2.45, 2.75) is 25.7 Å². The molecule has 8 nitrogen and oxygen atoms in total. The smallest absolute Gasteiger partial charge is 0.277 e. The minimum absolute atomic E-state index is 0.112. The summed E-state index contributed by atoms with van der Waals surface area (Å²) in [5, 5.41) is 4.18. The quantitative estimate of drug-likeness (QED) is 0.0489. The predicted octanol–water partition coefficient (Wildman–Crippen LogP) is 9.84. The van der Waals surface area contributed by atoms with Crippen molar-refractivity contribution in [2.75, 3.05) is 23.8 Å². The molecule has 0 unspecified atom stereocenters. The summed E-state index contributed by atoms with van der Waals surface area (Å²) < 4.78 is 98.9. The molecule has 2 aliphatic rings. The number of hydroxylamine groups is 2. The Kier molecular flexibility index (Phi) is 13.5. The molecule has 0 heterocycles. The van der Waals surface area contributed by atoms with Gasteiger partial charge in [0.1, 0.15) is 11.6 Å². The normalized spacial score (nSPS) is 13.6. The maximum Gasteiger partial charge on any atom is 0.277 e. The first-order valence-electron chi connectivity index (χ1n) is 15.4. The van der Waals surface area contributed by atoms with Crippen LogP contribution in [0.2, 0.25) is 5.02 Å². The van der Waals surface area contributed by atoms with Crippen LogP contribution in [0.4, 0.5) is 53.5 Å². The Hall–Kier alpha value is -3.40. The number of halogens is 10. The first-order chi connectivity index (χ1) is 24.7. The van der Waals surface area contributed by atoms with Gasteiger partial charge in [0.2, 0.25) is 0 Å². The van der Waals surface area contributed by atoms with Crippen molar-refractivity contribution in [2.24, 2.45) is 11.8 Å². The van der Waals surface area contributed by atoms with Gasteiger partial charge in [0, 0.05) is 7.14 Å². The fourth-order valence-electron chi connectivity index (χ4n) is 4.37. The number of nitrogens with one attached hydrogen (secondary N) is 4. The van der Waals surface area contributed by atoms with Crippen LogP contribution in [0, 0.1) is 59.7 Å². The molecule has 0 saturated heterocycles. The van der Waals surface area contributed by atoms with Gasteiger partial charge in [-0.1, -0.05) is 11.6 Å². The first-order valence-corrected chi connectivity index (χ1v) is 17.9. The number of carbonyl (C=O) groups is 2. The van der Waals surface area contributed by atoms with Gasteiger partial charge >= 0.3 is 0 Å². The summed E-state index contributed by atoms with van der Waals surface area (Å²) in [7, 11) is 0. The summed E-state index contributed by atoms with van der Waals surface area (Å²) in [6, 6.07) is 9.63. The number of rotatable bonds is 12. The van der Waals surface area contributed by atoms with E-state index < -0.39 is 74.5 Å². The zero-order chi connectivity index (χ0) is 37.7. The SMILES string of the molecule is O=C(NOCC1CC1)c1cc(Cl)c(F)c(F)c1Nc1ccc(I)cc1F.O=C(NOCC1CC1)c1cc(F)c(F)c(F)c1Nc1ccc(I)cc1F. The summed E-state index contributed by atoms with van der Waals surface area (Å²) in [4.78, 5) is 34.5. The second kappa shape index (κ2) is 17.6. The number of hydrogen-bond donors (Lipinski definition) is 4. The minimum atomic E-state index is -1.77. The lowest BCUT2D eigenvalue weighted by molar-refractivity contribution is 0.0268. The van der Waals surface area contributed by atoms with E-state index in [1.807, 2.05) is 45.2 Å². The molecule has 4 aromatic carbocycles. The molecule has 0 radical (unpaired) electrons. The Labute approximate surface area is 324 Å². The molecule has 2 aliphatic carbocycles. The van der Waals surface area contributed by atoms with Crippen LogP contribution in [-0.4, -0.2) is 25.0 Å². The van der Waals surface area contributed by atoms with Crippen molar-refractivity contribution in [1.82, 2.24) is 11.0 Å². The van der Waals surface area contributed by atoms with Crippen LogP contribution >= 0.6 is 56.8 Å². The second-order valence-electron chi connectivity index (χ2n) is 11.7. The topological polar surface area (TPSA) is 101 Å². The summed E-state index contributed by atoms with van der Waals surface area (Å²) in [5.74, 6) is -10.1. The van der Waals surface area contributed by atoms with Gasteiger partial charge in [-0.2, -0.15) is 0 Å². The van der Waals surface area contributed by atoms with E-state index >= 15 is 0 Å². The molecule has 2 fully saturated rings. The van der Waals surface area contributed by atoms with Gasteiger partial charge in [-0.3, -0.25) is 19.3 Å². The zero-order valence-corrected chi connectivity index (χ0v) is 31.5. The van der Waals surface area contributed by atoms with E-state index in [0.29, 0.717) is 31.6 Å². The summed E-state index contributed by atoms with van der Waals surface area (Å²) in [5.41, 5.74) is 1.87. The van der Waals surface area contributed by atoms with Crippen LogP contribution < -0.4 is 21.6 Å². The van der Waals surface area contributed by atoms with Gasteiger partial charge in [-0.05, 0) is 131 Å². The Balaban J connectivity index is 0.000000201. The average Bonchev–Trinajstić information content (AvgIpc) is 4.04. The summed E-state index contributed by atoms with van der Waals surface area (Å²) in [6.45, 7) is 0.601. The van der Waals surface area contributed by atoms with Crippen LogP contribution in [0.25, 0.3) is 0 Å². The van der Waals surface area contributed by atoms with E-state index in [1.54, 1.807) is 6.07 Å². The van der Waals surface area contributed by atoms with E-state index in [-0.39, 0.29) is 23.5 Å². The van der Waals surface area contributed by atoms with E-state index in [0.717, 1.165) is 31.7 Å². The molecule has 0 atom stereocenters. The lowest BCUT2D eigenvalue weighted by Crippen LogP contribution is -2.26. The molecule has 0 spiro atoms. The molecule has 0 aliphatic heterocycles. The van der Waals surface area contributed by atoms with Crippen molar-refractivity contribution in [3.8, 4) is 0 Å². The molecule has 4 N–H and O–H groups in total. The van der Waals surface area contributed by atoms with Crippen LogP contribution in [0.15, 0.2) is 48.5 Å². The van der Waals surface area contributed by atoms with E-state index in [4.69, 9.17) is 21.3 Å². The van der Waals surface area contributed by atoms with Gasteiger partial charge in [0.05, 0.1) is 52.1 Å². The van der Waals surface area contributed by atoms with Crippen LogP contribution in [0.5, 0.6) is 0 Å². The maximum absolute atomic E-state index is 14.4. The van der Waals surface area contributed by atoms with Crippen molar-refractivity contribution in [3.63, 3.8) is 0 Å². The number of carbonyl (C=O) groups excluding carboxylic acids is 2. The van der Waals surface area contributed by atoms with Gasteiger partial charge in [0.25, 0.3) is 11.8 Å². The van der Waals surface area contributed by atoms with Crippen molar-refractivity contribution in [1.29, 1.82) is 0 Å². The van der Waals surface area contributed by atoms with Gasteiger partial charge in [-0.25, -0.2) is 41.7 Å². The first kappa shape index (κ1) is 39.8. The molecule has 18 heteroatoms. The molecule has 0 bridgehead atoms. The van der Waals surface area contributed by atoms with Gasteiger partial charge in [-0.15, -0.1) is 0 Å². The maximum atomic E-state index is 14.4. The molecule has 2 saturated carbocycles. The lowest BCUT2D eigenvalue weighted by atomic mass is 10.1. The third-order valence-electron chi connectivity index (χ3n) is 7.56. The highest BCUT2D eigenvalue weighted by atomic mass is 127. The molecule has 4 aromatic rings. The Morgan fingerprint density at radius 3 is 1.46 bits per heavy atom. The largest absolute Gasteiger partial charge is 0.350 e. The molecule has 276 valence electrons. The fourth-order valence-corrected chi connectivity index (χ4v) is 5.47. The number of benzene rings is 4. The van der Waals surface area contributed by atoms with E-state index in [2.05, 4.69) is 21.6 Å². The Morgan fingerprint density at radius 2 is 1.04 bits per heavy atom. The third-order valence-corrected chi connectivity index (χ3v) is 9.17. The molecular weight excluding hydrogens is 951 g/mol. The molecular formula is C34H26ClF7I2N4O4. The van der Waals surface area contributed by atoms with Crippen molar-refractivity contribution in [3.05, 3.63) is 113 Å². The number of amides is 2. The van der Waals surface area contributed by atoms with Crippen molar-refractivity contribution >= 4 is 91.3 Å². The van der Waals surface area contributed by atoms with E-state index in [1.165, 1.54) is 30.3 Å². The van der Waals surface area contributed by atoms with Crippen LogP contribution in [-0.2, 0) is 9.68 Å². The summed E-state index contributed by atoms with van der Waals surface area (Å²) >= 11 is 9.44. The summed E-state index contributed by atoms with van der Waals surface area (Å²) in [6.07, 6.45) is 4.00. The third kappa shape index (κ3) is 10.4. The standard InChI is InChI=1S/C17H13ClF3IN2O2.C17H13F4IN2O2/c18-11-6-10(17(25)24-26-7-8-1-2-8)16(15(21)14(11)20)23-13-4-3-9(22)5-12(13)19;18-11-5-9(22)3-4-13(11)23-16-10(6-12(19)14(20)15(16)21)17(25)24-26-7-8-1-2-8/h2*3-6,8,23H,1-2,7H2,(H,24,25). The molecule has 6 rings (SSSR count).